The summed E-state index contributed by atoms with van der Waals surface area (Å²) >= 11 is 5.83. The normalized spacial score (nSPS) is 11.2. The van der Waals surface area contributed by atoms with E-state index in [-0.39, 0.29) is 32.6 Å². The number of hydrogen-bond acceptors (Lipinski definition) is 7. The average molecular weight is 465 g/mol. The van der Waals surface area contributed by atoms with Crippen LogP contribution in [0.2, 0.25) is 5.02 Å². The maximum atomic E-state index is 13.0. The molecule has 0 fully saturated rings. The predicted molar refractivity (Wildman–Crippen MR) is 112 cm³/mol. The van der Waals surface area contributed by atoms with Crippen molar-refractivity contribution in [3.05, 3.63) is 69.0 Å². The highest BCUT2D eigenvalue weighted by molar-refractivity contribution is 7.91. The molecule has 0 aliphatic heterocycles. The van der Waals surface area contributed by atoms with Gasteiger partial charge in [0.1, 0.15) is 11.4 Å². The lowest BCUT2D eigenvalue weighted by Crippen LogP contribution is -2.18. The molecule has 12 heteroatoms. The molecular formula is C19H17ClN4O6S. The van der Waals surface area contributed by atoms with Gasteiger partial charge in [0.05, 0.1) is 21.8 Å². The summed E-state index contributed by atoms with van der Waals surface area (Å²) in [6.45, 7) is 1.41. The van der Waals surface area contributed by atoms with Crippen molar-refractivity contribution in [2.75, 3.05) is 12.4 Å². The number of nitrogens with zero attached hydrogens (tertiary/aromatic N) is 3. The number of carbonyl (C=O) groups is 1. The summed E-state index contributed by atoms with van der Waals surface area (Å²) < 4.78 is 32.3. The zero-order valence-corrected chi connectivity index (χ0v) is 18.2. The fraction of sp³-hybridized carbons (Fsp3) is 0.158. The van der Waals surface area contributed by atoms with Crippen LogP contribution in [-0.4, -0.2) is 36.1 Å². The highest BCUT2D eigenvalue weighted by Gasteiger charge is 2.29. The van der Waals surface area contributed by atoms with Gasteiger partial charge in [-0.1, -0.05) is 11.6 Å². The summed E-state index contributed by atoms with van der Waals surface area (Å²) in [5.41, 5.74) is -0.552. The second-order valence-electron chi connectivity index (χ2n) is 6.47. The molecule has 10 nitrogen and oxygen atoms in total. The number of benzene rings is 2. The standard InChI is InChI=1S/C19H17ClN4O6S/c1-11-17(24(26)27)18(23(2)22-11)19(25)21-13-8-14(30-3)10-16(9-13)31(28,29)15-6-4-12(20)5-7-15/h4-10H,1-3H3,(H,21,25). The number of nitro groups is 1. The Hall–Kier alpha value is -3.44. The first-order valence-electron chi connectivity index (χ1n) is 8.73. The van der Waals surface area contributed by atoms with E-state index in [1.807, 2.05) is 0 Å². The Balaban J connectivity index is 2.03. The molecule has 0 spiro atoms. The average Bonchev–Trinajstić information content (AvgIpc) is 3.02. The lowest BCUT2D eigenvalue weighted by atomic mass is 10.2. The molecule has 0 atom stereocenters. The topological polar surface area (TPSA) is 133 Å². The Kier molecular flexibility index (Phi) is 6.00. The number of ether oxygens (including phenoxy) is 1. The third-order valence-electron chi connectivity index (χ3n) is 4.40. The minimum absolute atomic E-state index is 0.000303. The Morgan fingerprint density at radius 1 is 1.19 bits per heavy atom. The first kappa shape index (κ1) is 22.2. The molecule has 0 radical (unpaired) electrons. The molecule has 0 aliphatic rings. The fourth-order valence-electron chi connectivity index (χ4n) is 2.98. The molecule has 31 heavy (non-hydrogen) atoms. The van der Waals surface area contributed by atoms with Crippen LogP contribution in [-0.2, 0) is 16.9 Å². The van der Waals surface area contributed by atoms with Gasteiger partial charge in [0.15, 0.2) is 0 Å². The van der Waals surface area contributed by atoms with Crippen molar-refractivity contribution in [1.82, 2.24) is 9.78 Å². The van der Waals surface area contributed by atoms with Gasteiger partial charge in [-0.3, -0.25) is 19.6 Å². The van der Waals surface area contributed by atoms with E-state index in [2.05, 4.69) is 10.4 Å². The van der Waals surface area contributed by atoms with Crippen LogP contribution in [0, 0.1) is 17.0 Å². The number of carbonyl (C=O) groups excluding carboxylic acids is 1. The van der Waals surface area contributed by atoms with Crippen LogP contribution in [0.3, 0.4) is 0 Å². The van der Waals surface area contributed by atoms with Crippen molar-refractivity contribution in [3.8, 4) is 5.75 Å². The van der Waals surface area contributed by atoms with E-state index in [4.69, 9.17) is 16.3 Å². The van der Waals surface area contributed by atoms with Gasteiger partial charge >= 0.3 is 5.69 Å². The minimum Gasteiger partial charge on any atom is -0.497 e. The van der Waals surface area contributed by atoms with E-state index < -0.39 is 26.4 Å². The van der Waals surface area contributed by atoms with Crippen LogP contribution in [0.4, 0.5) is 11.4 Å². The quantitative estimate of drug-likeness (QED) is 0.436. The molecule has 162 valence electrons. The van der Waals surface area contributed by atoms with Gasteiger partial charge < -0.3 is 10.1 Å². The number of hydrogen-bond donors (Lipinski definition) is 1. The number of amides is 1. The molecular weight excluding hydrogens is 448 g/mol. The molecule has 1 aromatic heterocycles. The molecule has 3 aromatic rings. The van der Waals surface area contributed by atoms with E-state index in [0.29, 0.717) is 5.02 Å². The second-order valence-corrected chi connectivity index (χ2v) is 8.86. The first-order chi connectivity index (χ1) is 14.5. The van der Waals surface area contributed by atoms with Gasteiger partial charge in [-0.25, -0.2) is 8.42 Å². The van der Waals surface area contributed by atoms with E-state index in [1.165, 1.54) is 63.5 Å². The van der Waals surface area contributed by atoms with E-state index in [1.54, 1.807) is 0 Å². The third-order valence-corrected chi connectivity index (χ3v) is 6.40. The van der Waals surface area contributed by atoms with Gasteiger partial charge in [0.2, 0.25) is 15.5 Å². The molecule has 1 N–H and O–H groups in total. The number of nitrogens with one attached hydrogen (secondary N) is 1. The van der Waals surface area contributed by atoms with Crippen LogP contribution >= 0.6 is 11.6 Å². The molecule has 1 heterocycles. The number of sulfone groups is 1. The molecule has 0 unspecified atom stereocenters. The fourth-order valence-corrected chi connectivity index (χ4v) is 4.42. The van der Waals surface area contributed by atoms with E-state index in [9.17, 15) is 23.3 Å². The molecule has 0 saturated carbocycles. The van der Waals surface area contributed by atoms with Gasteiger partial charge in [-0.15, -0.1) is 0 Å². The van der Waals surface area contributed by atoms with Crippen LogP contribution < -0.4 is 10.1 Å². The number of methoxy groups -OCH3 is 1. The highest BCUT2D eigenvalue weighted by Crippen LogP contribution is 2.30. The summed E-state index contributed by atoms with van der Waals surface area (Å²) in [4.78, 5) is 23.3. The van der Waals surface area contributed by atoms with Crippen molar-refractivity contribution in [3.63, 3.8) is 0 Å². The summed E-state index contributed by atoms with van der Waals surface area (Å²) in [6, 6.07) is 9.54. The number of aromatic nitrogens is 2. The predicted octanol–water partition coefficient (Wildman–Crippen LogP) is 3.38. The molecule has 1 amide bonds. The minimum atomic E-state index is -3.95. The largest absolute Gasteiger partial charge is 0.497 e. The summed E-state index contributed by atoms with van der Waals surface area (Å²) in [6.07, 6.45) is 0. The SMILES string of the molecule is COc1cc(NC(=O)c2c([N+](=O)[O-])c(C)nn2C)cc(S(=O)(=O)c2ccc(Cl)cc2)c1. The Labute approximate surface area is 182 Å². The van der Waals surface area contributed by atoms with E-state index >= 15 is 0 Å². The lowest BCUT2D eigenvalue weighted by molar-refractivity contribution is -0.385. The molecule has 3 rings (SSSR count). The van der Waals surface area contributed by atoms with Crippen LogP contribution in [0.1, 0.15) is 16.2 Å². The molecule has 0 bridgehead atoms. The van der Waals surface area contributed by atoms with E-state index in [0.717, 1.165) is 4.68 Å². The summed E-state index contributed by atoms with van der Waals surface area (Å²) in [5, 5.41) is 18.1. The molecule has 0 aliphatic carbocycles. The monoisotopic (exact) mass is 464 g/mol. The summed E-state index contributed by atoms with van der Waals surface area (Å²) in [7, 11) is -1.21. The number of halogens is 1. The number of aryl methyl sites for hydroxylation is 2. The Morgan fingerprint density at radius 3 is 2.42 bits per heavy atom. The zero-order valence-electron chi connectivity index (χ0n) is 16.6. The zero-order chi connectivity index (χ0) is 22.9. The maximum Gasteiger partial charge on any atom is 0.322 e. The number of rotatable bonds is 6. The van der Waals surface area contributed by atoms with Gasteiger partial charge in [-0.2, -0.15) is 5.10 Å². The Morgan fingerprint density at radius 2 is 1.84 bits per heavy atom. The Bertz CT molecular complexity index is 1290. The first-order valence-corrected chi connectivity index (χ1v) is 10.6. The third kappa shape index (κ3) is 4.37. The van der Waals surface area contributed by atoms with Crippen molar-refractivity contribution >= 4 is 38.7 Å². The van der Waals surface area contributed by atoms with Crippen molar-refractivity contribution in [2.45, 2.75) is 16.7 Å². The van der Waals surface area contributed by atoms with Gasteiger partial charge in [-0.05, 0) is 43.3 Å². The second kappa shape index (κ2) is 8.36. The summed E-state index contributed by atoms with van der Waals surface area (Å²) in [5.74, 6) is -0.654. The molecule has 0 saturated heterocycles. The highest BCUT2D eigenvalue weighted by atomic mass is 35.5. The maximum absolute atomic E-state index is 13.0. The molecule has 2 aromatic carbocycles. The smallest absolute Gasteiger partial charge is 0.322 e. The van der Waals surface area contributed by atoms with Crippen LogP contribution in [0.5, 0.6) is 5.75 Å². The van der Waals surface area contributed by atoms with Crippen LogP contribution in [0.15, 0.2) is 52.3 Å². The van der Waals surface area contributed by atoms with Crippen molar-refractivity contribution in [1.29, 1.82) is 0 Å². The number of anilines is 1. The van der Waals surface area contributed by atoms with Crippen LogP contribution in [0.25, 0.3) is 0 Å². The van der Waals surface area contributed by atoms with Gasteiger partial charge in [0.25, 0.3) is 5.91 Å². The van der Waals surface area contributed by atoms with Gasteiger partial charge in [0, 0.05) is 23.8 Å². The van der Waals surface area contributed by atoms with Crippen molar-refractivity contribution in [2.24, 2.45) is 7.05 Å². The van der Waals surface area contributed by atoms with Crippen molar-refractivity contribution < 1.29 is 22.9 Å². The lowest BCUT2D eigenvalue weighted by Gasteiger charge is -2.11.